The molecule has 0 N–H and O–H groups in total. The highest BCUT2D eigenvalue weighted by Gasteiger charge is 1.96. The summed E-state index contributed by atoms with van der Waals surface area (Å²) < 4.78 is 10.2. The highest BCUT2D eigenvalue weighted by molar-refractivity contribution is 5.28. The lowest BCUT2D eigenvalue weighted by molar-refractivity contribution is 0.0511. The molecule has 0 aliphatic rings. The first-order chi connectivity index (χ1) is 6.86. The summed E-state index contributed by atoms with van der Waals surface area (Å²) in [5, 5.41) is 0. The van der Waals surface area contributed by atoms with Gasteiger partial charge >= 0.3 is 0 Å². The lowest BCUT2D eigenvalue weighted by Gasteiger charge is -2.06. The van der Waals surface area contributed by atoms with Crippen molar-refractivity contribution in [3.05, 3.63) is 29.8 Å². The molecule has 0 aliphatic carbocycles. The van der Waals surface area contributed by atoms with Crippen molar-refractivity contribution >= 4 is 0 Å². The van der Waals surface area contributed by atoms with Crippen LogP contribution in [-0.4, -0.2) is 13.9 Å². The van der Waals surface area contributed by atoms with Crippen molar-refractivity contribution in [2.24, 2.45) is 0 Å². The standard InChI is InChI=1S/C12H18O2/c1-3-4-6-11-7-5-8-12(9-11)14-10-13-2/h5,7-9H,3-4,6,10H2,1-2H3. The average Bonchev–Trinajstić information content (AvgIpc) is 2.24. The third-order valence-corrected chi connectivity index (χ3v) is 2.06. The second-order valence-electron chi connectivity index (χ2n) is 3.30. The first-order valence-corrected chi connectivity index (χ1v) is 5.07. The molecule has 0 fully saturated rings. The third-order valence-electron chi connectivity index (χ3n) is 2.06. The molecule has 0 heterocycles. The summed E-state index contributed by atoms with van der Waals surface area (Å²) in [5.74, 6) is 0.889. The van der Waals surface area contributed by atoms with E-state index in [-0.39, 0.29) is 0 Å². The number of methoxy groups -OCH3 is 1. The first-order valence-electron chi connectivity index (χ1n) is 5.07. The van der Waals surface area contributed by atoms with E-state index in [9.17, 15) is 0 Å². The van der Waals surface area contributed by atoms with Crippen LogP contribution in [0.15, 0.2) is 24.3 Å². The summed E-state index contributed by atoms with van der Waals surface area (Å²) in [6.07, 6.45) is 3.58. The molecular weight excluding hydrogens is 176 g/mol. The SMILES string of the molecule is CCCCc1cccc(OCOC)c1. The molecule has 0 saturated heterocycles. The van der Waals surface area contributed by atoms with Crippen LogP contribution < -0.4 is 4.74 Å². The van der Waals surface area contributed by atoms with Crippen molar-refractivity contribution in [2.45, 2.75) is 26.2 Å². The van der Waals surface area contributed by atoms with Gasteiger partial charge in [-0.1, -0.05) is 25.5 Å². The van der Waals surface area contributed by atoms with Gasteiger partial charge < -0.3 is 9.47 Å². The molecule has 1 aromatic carbocycles. The van der Waals surface area contributed by atoms with E-state index in [2.05, 4.69) is 19.1 Å². The van der Waals surface area contributed by atoms with E-state index >= 15 is 0 Å². The zero-order valence-corrected chi connectivity index (χ0v) is 8.95. The Hall–Kier alpha value is -1.02. The molecule has 0 radical (unpaired) electrons. The minimum Gasteiger partial charge on any atom is -0.468 e. The lowest BCUT2D eigenvalue weighted by atomic mass is 10.1. The van der Waals surface area contributed by atoms with Crippen molar-refractivity contribution < 1.29 is 9.47 Å². The van der Waals surface area contributed by atoms with Gasteiger partial charge in [-0.15, -0.1) is 0 Å². The van der Waals surface area contributed by atoms with E-state index in [4.69, 9.17) is 9.47 Å². The number of hydrogen-bond acceptors (Lipinski definition) is 2. The van der Waals surface area contributed by atoms with Crippen LogP contribution in [0.25, 0.3) is 0 Å². The quantitative estimate of drug-likeness (QED) is 0.648. The molecule has 14 heavy (non-hydrogen) atoms. The molecule has 0 aromatic heterocycles. The van der Waals surface area contributed by atoms with E-state index in [1.54, 1.807) is 7.11 Å². The van der Waals surface area contributed by atoms with E-state index < -0.39 is 0 Å². The van der Waals surface area contributed by atoms with E-state index in [0.29, 0.717) is 6.79 Å². The van der Waals surface area contributed by atoms with Crippen LogP contribution in [0.5, 0.6) is 5.75 Å². The van der Waals surface area contributed by atoms with Crippen LogP contribution in [-0.2, 0) is 11.2 Å². The van der Waals surface area contributed by atoms with Crippen molar-refractivity contribution in [3.8, 4) is 5.75 Å². The highest BCUT2D eigenvalue weighted by atomic mass is 16.7. The zero-order chi connectivity index (χ0) is 10.2. The van der Waals surface area contributed by atoms with Crippen LogP contribution in [0, 0.1) is 0 Å². The number of ether oxygens (including phenoxy) is 2. The summed E-state index contributed by atoms with van der Waals surface area (Å²) in [6, 6.07) is 8.19. The van der Waals surface area contributed by atoms with Gasteiger partial charge in [0.25, 0.3) is 0 Å². The van der Waals surface area contributed by atoms with Crippen molar-refractivity contribution in [1.29, 1.82) is 0 Å². The number of rotatable bonds is 6. The first kappa shape index (κ1) is 11.1. The summed E-state index contributed by atoms with van der Waals surface area (Å²) in [6.45, 7) is 2.52. The Balaban J connectivity index is 2.50. The van der Waals surface area contributed by atoms with E-state index in [1.807, 2.05) is 12.1 Å². The summed E-state index contributed by atoms with van der Waals surface area (Å²) in [4.78, 5) is 0. The van der Waals surface area contributed by atoms with Gasteiger partial charge in [-0.2, -0.15) is 0 Å². The minimum atomic E-state index is 0.317. The average molecular weight is 194 g/mol. The molecule has 0 amide bonds. The normalized spacial score (nSPS) is 10.1. The van der Waals surface area contributed by atoms with Gasteiger partial charge in [0, 0.05) is 7.11 Å². The maximum Gasteiger partial charge on any atom is 0.188 e. The molecule has 0 unspecified atom stereocenters. The Morgan fingerprint density at radius 1 is 1.29 bits per heavy atom. The fourth-order valence-corrected chi connectivity index (χ4v) is 1.30. The van der Waals surface area contributed by atoms with Crippen LogP contribution in [0.1, 0.15) is 25.3 Å². The van der Waals surface area contributed by atoms with E-state index in [1.165, 1.54) is 18.4 Å². The van der Waals surface area contributed by atoms with Crippen LogP contribution in [0.4, 0.5) is 0 Å². The molecular formula is C12H18O2. The monoisotopic (exact) mass is 194 g/mol. The Morgan fingerprint density at radius 2 is 2.14 bits per heavy atom. The fraction of sp³-hybridized carbons (Fsp3) is 0.500. The summed E-state index contributed by atoms with van der Waals surface area (Å²) >= 11 is 0. The van der Waals surface area contributed by atoms with Gasteiger partial charge in [-0.05, 0) is 30.5 Å². The highest BCUT2D eigenvalue weighted by Crippen LogP contribution is 2.14. The fourth-order valence-electron chi connectivity index (χ4n) is 1.30. The Labute approximate surface area is 85.8 Å². The molecule has 0 aliphatic heterocycles. The van der Waals surface area contributed by atoms with Gasteiger partial charge in [0.1, 0.15) is 5.75 Å². The molecule has 2 nitrogen and oxygen atoms in total. The maximum atomic E-state index is 5.35. The predicted octanol–water partition coefficient (Wildman–Crippen LogP) is 3.01. The van der Waals surface area contributed by atoms with Crippen molar-refractivity contribution in [3.63, 3.8) is 0 Å². The molecule has 0 spiro atoms. The van der Waals surface area contributed by atoms with Gasteiger partial charge in [0.15, 0.2) is 6.79 Å². The smallest absolute Gasteiger partial charge is 0.188 e. The van der Waals surface area contributed by atoms with Crippen LogP contribution in [0.3, 0.4) is 0 Å². The largest absolute Gasteiger partial charge is 0.468 e. The van der Waals surface area contributed by atoms with Gasteiger partial charge in [-0.25, -0.2) is 0 Å². The van der Waals surface area contributed by atoms with Crippen LogP contribution >= 0.6 is 0 Å². The van der Waals surface area contributed by atoms with Gasteiger partial charge in [0.05, 0.1) is 0 Å². The molecule has 78 valence electrons. The zero-order valence-electron chi connectivity index (χ0n) is 8.95. The van der Waals surface area contributed by atoms with Crippen LogP contribution in [0.2, 0.25) is 0 Å². The molecule has 2 heteroatoms. The van der Waals surface area contributed by atoms with Gasteiger partial charge in [-0.3, -0.25) is 0 Å². The molecule has 0 saturated carbocycles. The molecule has 1 aromatic rings. The predicted molar refractivity (Wildman–Crippen MR) is 57.6 cm³/mol. The minimum absolute atomic E-state index is 0.317. The number of unbranched alkanes of at least 4 members (excludes halogenated alkanes) is 1. The van der Waals surface area contributed by atoms with Crippen molar-refractivity contribution in [1.82, 2.24) is 0 Å². The Bertz CT molecular complexity index is 235. The third kappa shape index (κ3) is 3.79. The number of benzene rings is 1. The second-order valence-corrected chi connectivity index (χ2v) is 3.30. The second kappa shape index (κ2) is 6.44. The summed E-state index contributed by atoms with van der Waals surface area (Å²) in [5.41, 5.74) is 1.33. The van der Waals surface area contributed by atoms with Gasteiger partial charge in [0.2, 0.25) is 0 Å². The van der Waals surface area contributed by atoms with E-state index in [0.717, 1.165) is 12.2 Å². The Morgan fingerprint density at radius 3 is 2.86 bits per heavy atom. The lowest BCUT2D eigenvalue weighted by Crippen LogP contribution is -1.99. The Kier molecular flexibility index (Phi) is 5.08. The molecule has 0 bridgehead atoms. The molecule has 1 rings (SSSR count). The number of aryl methyl sites for hydroxylation is 1. The number of hydrogen-bond donors (Lipinski definition) is 0. The maximum absolute atomic E-state index is 5.35. The summed E-state index contributed by atoms with van der Waals surface area (Å²) in [7, 11) is 1.63. The topological polar surface area (TPSA) is 18.5 Å². The molecule has 0 atom stereocenters. The van der Waals surface area contributed by atoms with Crippen molar-refractivity contribution in [2.75, 3.05) is 13.9 Å².